The molecule has 2 aromatic rings. The predicted molar refractivity (Wildman–Crippen MR) is 134 cm³/mol. The third-order valence-electron chi connectivity index (χ3n) is 6.24. The molecule has 1 aliphatic carbocycles. The van der Waals surface area contributed by atoms with E-state index in [4.69, 9.17) is 28.9 Å². The molecule has 13 heteroatoms. The molecule has 1 atom stereocenters. The SMILES string of the molecule is Cc1cc(NC(=O)C(=O)N2CCN(C(=O)C3(C(F)(F)F)CC3)C(C)C2)cnc1N.Clc1cccc(Cl)c1. The lowest BCUT2D eigenvalue weighted by atomic mass is 10.0. The highest BCUT2D eigenvalue weighted by Gasteiger charge is 2.69. The summed E-state index contributed by atoms with van der Waals surface area (Å²) in [6.45, 7) is 3.17. The van der Waals surface area contributed by atoms with Crippen LogP contribution in [0.15, 0.2) is 36.5 Å². The molecule has 0 spiro atoms. The summed E-state index contributed by atoms with van der Waals surface area (Å²) in [6, 6.07) is 8.02. The second kappa shape index (κ2) is 11.1. The summed E-state index contributed by atoms with van der Waals surface area (Å²) in [7, 11) is 0. The van der Waals surface area contributed by atoms with E-state index in [2.05, 4.69) is 10.3 Å². The maximum absolute atomic E-state index is 13.2. The van der Waals surface area contributed by atoms with Gasteiger partial charge in [0.2, 0.25) is 5.91 Å². The Hall–Kier alpha value is -3.05. The lowest BCUT2D eigenvalue weighted by Crippen LogP contribution is -2.59. The van der Waals surface area contributed by atoms with Crippen molar-refractivity contribution in [2.24, 2.45) is 5.41 Å². The van der Waals surface area contributed by atoms with Gasteiger partial charge >= 0.3 is 18.0 Å². The normalized spacial score (nSPS) is 18.4. The van der Waals surface area contributed by atoms with E-state index in [1.165, 1.54) is 11.1 Å². The average Bonchev–Trinajstić information content (AvgIpc) is 3.63. The molecule has 2 aliphatic rings. The van der Waals surface area contributed by atoms with Crippen molar-refractivity contribution in [1.82, 2.24) is 14.8 Å². The van der Waals surface area contributed by atoms with E-state index in [0.29, 0.717) is 27.1 Å². The number of carbonyl (C=O) groups is 3. The van der Waals surface area contributed by atoms with Crippen LogP contribution < -0.4 is 11.1 Å². The van der Waals surface area contributed by atoms with Gasteiger partial charge in [-0.15, -0.1) is 0 Å². The van der Waals surface area contributed by atoms with E-state index in [-0.39, 0.29) is 32.5 Å². The number of pyridine rings is 1. The number of piperazine rings is 1. The summed E-state index contributed by atoms with van der Waals surface area (Å²) < 4.78 is 39.7. The van der Waals surface area contributed by atoms with E-state index in [9.17, 15) is 27.6 Å². The van der Waals surface area contributed by atoms with E-state index in [1.54, 1.807) is 38.1 Å². The van der Waals surface area contributed by atoms with Crippen molar-refractivity contribution in [3.8, 4) is 0 Å². The summed E-state index contributed by atoms with van der Waals surface area (Å²) in [5.74, 6) is -2.36. The van der Waals surface area contributed by atoms with Crippen molar-refractivity contribution >= 4 is 52.4 Å². The number of hydrogen-bond acceptors (Lipinski definition) is 5. The van der Waals surface area contributed by atoms with E-state index >= 15 is 0 Å². The molecular formula is C24H26Cl2F3N5O3. The molecular weight excluding hydrogens is 534 g/mol. The third kappa shape index (κ3) is 6.64. The number of carbonyl (C=O) groups excluding carboxylic acids is 3. The Morgan fingerprint density at radius 3 is 2.22 bits per heavy atom. The van der Waals surface area contributed by atoms with E-state index in [0.717, 1.165) is 4.90 Å². The molecule has 0 radical (unpaired) electrons. The number of benzene rings is 1. The fourth-order valence-corrected chi connectivity index (χ4v) is 4.34. The van der Waals surface area contributed by atoms with Crippen LogP contribution in [-0.4, -0.2) is 64.4 Å². The highest BCUT2D eigenvalue weighted by molar-refractivity contribution is 6.39. The predicted octanol–water partition coefficient (Wildman–Crippen LogP) is 4.31. The Kier molecular flexibility index (Phi) is 8.59. The second-order valence-corrected chi connectivity index (χ2v) is 9.87. The summed E-state index contributed by atoms with van der Waals surface area (Å²) in [5, 5.41) is 3.79. The van der Waals surface area contributed by atoms with Crippen LogP contribution in [0.25, 0.3) is 0 Å². The first-order valence-corrected chi connectivity index (χ1v) is 12.1. The first kappa shape index (κ1) is 28.5. The topological polar surface area (TPSA) is 109 Å². The summed E-state index contributed by atoms with van der Waals surface area (Å²) in [5.41, 5.74) is 4.26. The lowest BCUT2D eigenvalue weighted by Gasteiger charge is -2.41. The van der Waals surface area contributed by atoms with Gasteiger partial charge in [-0.2, -0.15) is 13.2 Å². The van der Waals surface area contributed by atoms with Crippen molar-refractivity contribution in [3.05, 3.63) is 52.1 Å². The molecule has 37 heavy (non-hydrogen) atoms. The van der Waals surface area contributed by atoms with Gasteiger partial charge in [-0.05, 0) is 56.5 Å². The summed E-state index contributed by atoms with van der Waals surface area (Å²) >= 11 is 11.1. The number of nitrogens with two attached hydrogens (primary N) is 1. The molecule has 4 rings (SSSR count). The quantitative estimate of drug-likeness (QED) is 0.533. The Morgan fingerprint density at radius 1 is 1.14 bits per heavy atom. The van der Waals surface area contributed by atoms with Gasteiger partial charge in [-0.3, -0.25) is 14.4 Å². The monoisotopic (exact) mass is 559 g/mol. The van der Waals surface area contributed by atoms with E-state index < -0.39 is 35.4 Å². The molecule has 8 nitrogen and oxygen atoms in total. The molecule has 1 unspecified atom stereocenters. The van der Waals surface area contributed by atoms with Crippen LogP contribution in [0, 0.1) is 12.3 Å². The van der Waals surface area contributed by atoms with Crippen molar-refractivity contribution in [2.45, 2.75) is 38.9 Å². The number of nitrogens with zero attached hydrogens (tertiary/aromatic N) is 3. The molecule has 2 heterocycles. The van der Waals surface area contributed by atoms with Crippen LogP contribution in [0.2, 0.25) is 10.0 Å². The molecule has 2 fully saturated rings. The number of nitrogens with one attached hydrogen (secondary N) is 1. The zero-order chi connectivity index (χ0) is 27.5. The number of halogens is 5. The third-order valence-corrected chi connectivity index (χ3v) is 6.71. The van der Waals surface area contributed by atoms with Crippen LogP contribution in [0.3, 0.4) is 0 Å². The van der Waals surface area contributed by atoms with Gasteiger partial charge in [0.25, 0.3) is 0 Å². The molecule has 3 N–H and O–H groups in total. The van der Waals surface area contributed by atoms with Crippen molar-refractivity contribution in [2.75, 3.05) is 30.7 Å². The molecule has 3 amide bonds. The number of amides is 3. The number of aromatic nitrogens is 1. The maximum atomic E-state index is 13.2. The Bertz CT molecular complexity index is 1170. The number of aryl methyl sites for hydroxylation is 1. The van der Waals surface area contributed by atoms with Crippen molar-refractivity contribution < 1.29 is 27.6 Å². The average molecular weight is 560 g/mol. The fraction of sp³-hybridized carbons (Fsp3) is 0.417. The van der Waals surface area contributed by atoms with Gasteiger partial charge in [0.05, 0.1) is 11.9 Å². The lowest BCUT2D eigenvalue weighted by molar-refractivity contribution is -0.201. The molecule has 1 aromatic heterocycles. The summed E-state index contributed by atoms with van der Waals surface area (Å²) in [6.07, 6.45) is -3.68. The van der Waals surface area contributed by atoms with Crippen LogP contribution in [-0.2, 0) is 14.4 Å². The first-order chi connectivity index (χ1) is 17.2. The number of hydrogen-bond donors (Lipinski definition) is 2. The standard InChI is InChI=1S/C18H22F3N5O3.C6H4Cl2/c1-10-7-12(8-23-13(10)22)24-14(27)15(28)25-5-6-26(11(2)9-25)16(29)17(3-4-17)18(19,20)21;7-5-2-1-3-6(8)4-5/h7-8,11H,3-6,9H2,1-2H3,(H2,22,23)(H,24,27);1-4H. The van der Waals surface area contributed by atoms with Crippen molar-refractivity contribution in [3.63, 3.8) is 0 Å². The Morgan fingerprint density at radius 2 is 1.76 bits per heavy atom. The largest absolute Gasteiger partial charge is 0.403 e. The second-order valence-electron chi connectivity index (χ2n) is 9.00. The van der Waals surface area contributed by atoms with Gasteiger partial charge in [0.15, 0.2) is 0 Å². The number of nitrogen functional groups attached to an aromatic ring is 1. The molecule has 1 saturated carbocycles. The van der Waals surface area contributed by atoms with Gasteiger partial charge in [0, 0.05) is 35.7 Å². The minimum atomic E-state index is -4.58. The van der Waals surface area contributed by atoms with Gasteiger partial charge in [-0.25, -0.2) is 4.98 Å². The fourth-order valence-electron chi connectivity index (χ4n) is 3.90. The summed E-state index contributed by atoms with van der Waals surface area (Å²) in [4.78, 5) is 43.4. The van der Waals surface area contributed by atoms with Crippen LogP contribution in [0.5, 0.6) is 0 Å². The van der Waals surface area contributed by atoms with Gasteiger partial charge < -0.3 is 20.9 Å². The highest BCUT2D eigenvalue weighted by atomic mass is 35.5. The number of rotatable bonds is 2. The van der Waals surface area contributed by atoms with Gasteiger partial charge in [0.1, 0.15) is 11.2 Å². The zero-order valence-electron chi connectivity index (χ0n) is 20.1. The van der Waals surface area contributed by atoms with Gasteiger partial charge in [-0.1, -0.05) is 29.3 Å². The Balaban J connectivity index is 0.000000405. The smallest absolute Gasteiger partial charge is 0.383 e. The molecule has 1 aliphatic heterocycles. The maximum Gasteiger partial charge on any atom is 0.403 e. The van der Waals surface area contributed by atoms with Crippen LogP contribution in [0.1, 0.15) is 25.3 Å². The van der Waals surface area contributed by atoms with Crippen LogP contribution >= 0.6 is 23.2 Å². The molecule has 1 aromatic carbocycles. The molecule has 1 saturated heterocycles. The number of anilines is 2. The first-order valence-electron chi connectivity index (χ1n) is 11.4. The molecule has 0 bridgehead atoms. The van der Waals surface area contributed by atoms with E-state index in [1.807, 2.05) is 6.07 Å². The highest BCUT2D eigenvalue weighted by Crippen LogP contribution is 2.58. The minimum Gasteiger partial charge on any atom is -0.383 e. The minimum absolute atomic E-state index is 0.0186. The zero-order valence-corrected chi connectivity index (χ0v) is 21.6. The van der Waals surface area contributed by atoms with Crippen molar-refractivity contribution in [1.29, 1.82) is 0 Å². The Labute approximate surface area is 221 Å². The number of alkyl halides is 3. The molecule has 200 valence electrons. The van der Waals surface area contributed by atoms with Crippen LogP contribution in [0.4, 0.5) is 24.7 Å².